The maximum absolute atomic E-state index is 12.6. The Labute approximate surface area is 129 Å². The molecule has 0 unspecified atom stereocenters. The van der Waals surface area contributed by atoms with Crippen molar-refractivity contribution in [2.45, 2.75) is 31.3 Å². The van der Waals surface area contributed by atoms with E-state index in [9.17, 15) is 13.5 Å². The zero-order valence-electron chi connectivity index (χ0n) is 11.1. The first-order valence-corrected chi connectivity index (χ1v) is 8.64. The Morgan fingerprint density at radius 1 is 1.30 bits per heavy atom. The fraction of sp³-hybridized carbons (Fsp3) is 0.538. The van der Waals surface area contributed by atoms with Gasteiger partial charge in [-0.3, -0.25) is 0 Å². The topological polar surface area (TPSA) is 57.6 Å². The van der Waals surface area contributed by atoms with Crippen molar-refractivity contribution < 1.29 is 13.5 Å². The monoisotopic (exact) mass is 337 g/mol. The summed E-state index contributed by atoms with van der Waals surface area (Å²) in [6.07, 6.45) is 1.68. The minimum atomic E-state index is -3.67. The van der Waals surface area contributed by atoms with Crippen LogP contribution in [-0.4, -0.2) is 30.9 Å². The van der Waals surface area contributed by atoms with E-state index in [1.165, 1.54) is 16.4 Å². The molecule has 1 aliphatic rings. The third-order valence-corrected chi connectivity index (χ3v) is 6.31. The standard InChI is InChI=1S/C13H17Cl2NO3S/c1-9-2-4-16(5-3-9)20(18,19)12-7-11(14)6-10(8-17)13(12)15/h6-7,9,17H,2-5,8H2,1H3. The van der Waals surface area contributed by atoms with Crippen LogP contribution in [0.3, 0.4) is 0 Å². The molecule has 20 heavy (non-hydrogen) atoms. The Balaban J connectivity index is 2.42. The number of hydrogen-bond acceptors (Lipinski definition) is 3. The molecule has 0 aliphatic carbocycles. The van der Waals surface area contributed by atoms with E-state index in [0.717, 1.165) is 12.8 Å². The molecule has 1 fully saturated rings. The Kier molecular flexibility index (Phi) is 4.97. The van der Waals surface area contributed by atoms with E-state index < -0.39 is 10.0 Å². The lowest BCUT2D eigenvalue weighted by Crippen LogP contribution is -2.38. The third-order valence-electron chi connectivity index (χ3n) is 3.61. The first kappa shape index (κ1) is 16.0. The van der Waals surface area contributed by atoms with Crippen molar-refractivity contribution in [2.75, 3.05) is 13.1 Å². The molecule has 0 radical (unpaired) electrons. The highest BCUT2D eigenvalue weighted by Gasteiger charge is 2.30. The molecule has 2 rings (SSSR count). The van der Waals surface area contributed by atoms with Gasteiger partial charge in [0.1, 0.15) is 4.90 Å². The Morgan fingerprint density at radius 3 is 2.45 bits per heavy atom. The second-order valence-electron chi connectivity index (χ2n) is 5.12. The average Bonchev–Trinajstić information content (AvgIpc) is 2.41. The summed E-state index contributed by atoms with van der Waals surface area (Å²) < 4.78 is 26.7. The van der Waals surface area contributed by atoms with Crippen LogP contribution in [0, 0.1) is 5.92 Å². The lowest BCUT2D eigenvalue weighted by Gasteiger charge is -2.29. The highest BCUT2D eigenvalue weighted by atomic mass is 35.5. The van der Waals surface area contributed by atoms with Crippen LogP contribution in [0.2, 0.25) is 10.0 Å². The molecule has 0 amide bonds. The maximum Gasteiger partial charge on any atom is 0.244 e. The van der Waals surface area contributed by atoms with Crippen LogP contribution < -0.4 is 0 Å². The minimum absolute atomic E-state index is 0.0229. The van der Waals surface area contributed by atoms with Crippen LogP contribution in [0.4, 0.5) is 0 Å². The summed E-state index contributed by atoms with van der Waals surface area (Å²) in [5, 5.41) is 9.53. The molecule has 1 aromatic rings. The summed E-state index contributed by atoms with van der Waals surface area (Å²) in [7, 11) is -3.67. The van der Waals surface area contributed by atoms with Crippen molar-refractivity contribution in [1.29, 1.82) is 0 Å². The van der Waals surface area contributed by atoms with Gasteiger partial charge in [0.25, 0.3) is 0 Å². The molecular formula is C13H17Cl2NO3S. The van der Waals surface area contributed by atoms with E-state index in [0.29, 0.717) is 24.6 Å². The largest absolute Gasteiger partial charge is 0.392 e. The summed E-state index contributed by atoms with van der Waals surface area (Å²) >= 11 is 12.0. The van der Waals surface area contributed by atoms with Crippen molar-refractivity contribution in [2.24, 2.45) is 5.92 Å². The average molecular weight is 338 g/mol. The quantitative estimate of drug-likeness (QED) is 0.922. The molecule has 7 heteroatoms. The van der Waals surface area contributed by atoms with Gasteiger partial charge in [-0.1, -0.05) is 30.1 Å². The normalized spacial score (nSPS) is 18.4. The minimum Gasteiger partial charge on any atom is -0.392 e. The molecule has 0 atom stereocenters. The van der Waals surface area contributed by atoms with Gasteiger partial charge in [-0.05, 0) is 36.5 Å². The molecule has 1 N–H and O–H groups in total. The zero-order valence-corrected chi connectivity index (χ0v) is 13.5. The SMILES string of the molecule is CC1CCN(S(=O)(=O)c2cc(Cl)cc(CO)c2Cl)CC1. The summed E-state index contributed by atoms with van der Waals surface area (Å²) in [5.41, 5.74) is 0.322. The van der Waals surface area contributed by atoms with E-state index in [2.05, 4.69) is 6.92 Å². The molecule has 1 aromatic carbocycles. The van der Waals surface area contributed by atoms with E-state index >= 15 is 0 Å². The highest BCUT2D eigenvalue weighted by Crippen LogP contribution is 2.33. The molecule has 1 heterocycles. The molecular weight excluding hydrogens is 321 g/mol. The molecule has 1 saturated heterocycles. The van der Waals surface area contributed by atoms with Gasteiger partial charge in [-0.2, -0.15) is 4.31 Å². The Morgan fingerprint density at radius 2 is 1.90 bits per heavy atom. The fourth-order valence-corrected chi connectivity index (χ4v) is 4.66. The summed E-state index contributed by atoms with van der Waals surface area (Å²) in [6.45, 7) is 2.74. The molecule has 0 spiro atoms. The number of piperidine rings is 1. The highest BCUT2D eigenvalue weighted by molar-refractivity contribution is 7.89. The Bertz CT molecular complexity index is 596. The van der Waals surface area contributed by atoms with E-state index in [-0.39, 0.29) is 21.5 Å². The van der Waals surface area contributed by atoms with E-state index in [4.69, 9.17) is 23.2 Å². The van der Waals surface area contributed by atoms with Gasteiger partial charge in [-0.15, -0.1) is 0 Å². The van der Waals surface area contributed by atoms with Crippen molar-refractivity contribution in [3.05, 3.63) is 27.7 Å². The van der Waals surface area contributed by atoms with Gasteiger partial charge >= 0.3 is 0 Å². The molecule has 112 valence electrons. The van der Waals surface area contributed by atoms with Gasteiger partial charge < -0.3 is 5.11 Å². The number of sulfonamides is 1. The zero-order chi connectivity index (χ0) is 14.9. The van der Waals surface area contributed by atoms with Gasteiger partial charge in [0.15, 0.2) is 0 Å². The second-order valence-corrected chi connectivity index (χ2v) is 7.84. The van der Waals surface area contributed by atoms with Crippen molar-refractivity contribution in [3.8, 4) is 0 Å². The third kappa shape index (κ3) is 3.12. The van der Waals surface area contributed by atoms with Crippen molar-refractivity contribution >= 4 is 33.2 Å². The number of nitrogens with zero attached hydrogens (tertiary/aromatic N) is 1. The number of rotatable bonds is 3. The smallest absolute Gasteiger partial charge is 0.244 e. The predicted octanol–water partition coefficient (Wildman–Crippen LogP) is 2.91. The molecule has 0 bridgehead atoms. The number of halogens is 2. The predicted molar refractivity (Wildman–Crippen MR) is 79.5 cm³/mol. The van der Waals surface area contributed by atoms with Crippen molar-refractivity contribution in [1.82, 2.24) is 4.31 Å². The summed E-state index contributed by atoms with van der Waals surface area (Å²) in [6, 6.07) is 2.82. The summed E-state index contributed by atoms with van der Waals surface area (Å²) in [4.78, 5) is -0.0229. The summed E-state index contributed by atoms with van der Waals surface area (Å²) in [5.74, 6) is 0.532. The first-order valence-electron chi connectivity index (χ1n) is 6.45. The van der Waals surface area contributed by atoms with Crippen LogP contribution in [-0.2, 0) is 16.6 Å². The number of hydrogen-bond donors (Lipinski definition) is 1. The number of aliphatic hydroxyl groups is 1. The lowest BCUT2D eigenvalue weighted by molar-refractivity contribution is 0.281. The van der Waals surface area contributed by atoms with E-state index in [1.807, 2.05) is 0 Å². The van der Waals surface area contributed by atoms with Crippen LogP contribution in [0.5, 0.6) is 0 Å². The maximum atomic E-state index is 12.6. The van der Waals surface area contributed by atoms with Gasteiger partial charge in [-0.25, -0.2) is 8.42 Å². The number of benzene rings is 1. The van der Waals surface area contributed by atoms with Crippen LogP contribution in [0.25, 0.3) is 0 Å². The van der Waals surface area contributed by atoms with Gasteiger partial charge in [0, 0.05) is 18.1 Å². The molecule has 0 aromatic heterocycles. The van der Waals surface area contributed by atoms with Crippen LogP contribution in [0.15, 0.2) is 17.0 Å². The molecule has 4 nitrogen and oxygen atoms in total. The van der Waals surface area contributed by atoms with E-state index in [1.54, 1.807) is 0 Å². The molecule has 0 saturated carbocycles. The number of aliphatic hydroxyl groups excluding tert-OH is 1. The van der Waals surface area contributed by atoms with Gasteiger partial charge in [0.2, 0.25) is 10.0 Å². The van der Waals surface area contributed by atoms with Crippen LogP contribution >= 0.6 is 23.2 Å². The Hall–Kier alpha value is -0.330. The van der Waals surface area contributed by atoms with Crippen molar-refractivity contribution in [3.63, 3.8) is 0 Å². The fourth-order valence-electron chi connectivity index (χ4n) is 2.29. The second kappa shape index (κ2) is 6.20. The van der Waals surface area contributed by atoms with Crippen LogP contribution in [0.1, 0.15) is 25.3 Å². The first-order chi connectivity index (χ1) is 9.36. The molecule has 1 aliphatic heterocycles. The lowest BCUT2D eigenvalue weighted by atomic mass is 10.0. The van der Waals surface area contributed by atoms with Gasteiger partial charge in [0.05, 0.1) is 11.6 Å².